The van der Waals surface area contributed by atoms with Gasteiger partial charge in [-0.3, -0.25) is 19.4 Å². The Balaban J connectivity index is 2.29. The van der Waals surface area contributed by atoms with E-state index in [2.05, 4.69) is 4.99 Å². The first-order valence-corrected chi connectivity index (χ1v) is 10.6. The van der Waals surface area contributed by atoms with Gasteiger partial charge >= 0.3 is 5.97 Å². The largest absolute Gasteiger partial charge is 0.493 e. The number of hydrogen-bond acceptors (Lipinski definition) is 7. The topological polar surface area (TPSA) is 91.3 Å². The lowest BCUT2D eigenvalue weighted by atomic mass is 9.62. The number of benzene rings is 1. The number of Topliss-reactive ketones (excluding diaryl/α,β-unsaturated/α-hetero) is 2. The van der Waals surface area contributed by atoms with Crippen LogP contribution in [-0.4, -0.2) is 51.1 Å². The van der Waals surface area contributed by atoms with Gasteiger partial charge in [-0.05, 0) is 42.4 Å². The van der Waals surface area contributed by atoms with Crippen molar-refractivity contribution in [3.05, 3.63) is 23.8 Å². The molecule has 170 valence electrons. The predicted octanol–water partition coefficient (Wildman–Crippen LogP) is 3.46. The van der Waals surface area contributed by atoms with Crippen molar-refractivity contribution in [2.75, 3.05) is 27.9 Å². The lowest BCUT2D eigenvalue weighted by molar-refractivity contribution is -0.156. The molecule has 2 unspecified atom stereocenters. The Bertz CT molecular complexity index is 858. The number of carbonyl (C=O) groups excluding carboxylic acids is 3. The van der Waals surface area contributed by atoms with Crippen molar-refractivity contribution >= 4 is 23.2 Å². The molecule has 1 aromatic rings. The summed E-state index contributed by atoms with van der Waals surface area (Å²) in [6.45, 7) is 6.00. The van der Waals surface area contributed by atoms with Crippen molar-refractivity contribution in [1.82, 2.24) is 0 Å². The maximum Gasteiger partial charge on any atom is 0.316 e. The first-order chi connectivity index (χ1) is 14.7. The number of aliphatic imine (C=N–C) groups is 1. The molecule has 0 aliphatic heterocycles. The van der Waals surface area contributed by atoms with Gasteiger partial charge in [0.05, 0.1) is 21.3 Å². The van der Waals surface area contributed by atoms with Gasteiger partial charge in [-0.1, -0.05) is 26.8 Å². The van der Waals surface area contributed by atoms with Crippen LogP contribution in [0.5, 0.6) is 11.5 Å². The van der Waals surface area contributed by atoms with Crippen LogP contribution in [0.15, 0.2) is 23.2 Å². The third kappa shape index (κ3) is 5.51. The van der Waals surface area contributed by atoms with Gasteiger partial charge in [0.25, 0.3) is 0 Å². The van der Waals surface area contributed by atoms with Gasteiger partial charge in [0.1, 0.15) is 17.6 Å². The second-order valence-electron chi connectivity index (χ2n) is 8.49. The van der Waals surface area contributed by atoms with Crippen molar-refractivity contribution in [2.24, 2.45) is 22.2 Å². The minimum Gasteiger partial charge on any atom is -0.493 e. The first kappa shape index (κ1) is 24.6. The second-order valence-corrected chi connectivity index (χ2v) is 8.49. The summed E-state index contributed by atoms with van der Waals surface area (Å²) in [7, 11) is 4.43. The fourth-order valence-corrected chi connectivity index (χ4v) is 4.19. The molecule has 1 aliphatic rings. The van der Waals surface area contributed by atoms with E-state index >= 15 is 0 Å². The minimum absolute atomic E-state index is 0.179. The van der Waals surface area contributed by atoms with Crippen LogP contribution in [0.1, 0.15) is 45.6 Å². The Morgan fingerprint density at radius 1 is 1.13 bits per heavy atom. The molecule has 0 aromatic heterocycles. The van der Waals surface area contributed by atoms with Gasteiger partial charge in [0.15, 0.2) is 17.3 Å². The maximum absolute atomic E-state index is 13.2. The van der Waals surface area contributed by atoms with E-state index in [0.29, 0.717) is 43.0 Å². The maximum atomic E-state index is 13.2. The third-order valence-corrected chi connectivity index (χ3v) is 5.74. The van der Waals surface area contributed by atoms with E-state index in [-0.39, 0.29) is 12.2 Å². The monoisotopic (exact) mass is 431 g/mol. The van der Waals surface area contributed by atoms with Gasteiger partial charge < -0.3 is 14.2 Å². The number of hydrogen-bond donors (Lipinski definition) is 0. The van der Waals surface area contributed by atoms with Crippen molar-refractivity contribution in [3.63, 3.8) is 0 Å². The highest BCUT2D eigenvalue weighted by molar-refractivity contribution is 6.26. The molecule has 0 bridgehead atoms. The summed E-state index contributed by atoms with van der Waals surface area (Å²) in [5.41, 5.74) is 0.899. The molecule has 7 heteroatoms. The van der Waals surface area contributed by atoms with Crippen LogP contribution in [0.3, 0.4) is 0 Å². The molecule has 0 heterocycles. The molecule has 0 radical (unpaired) electrons. The number of methoxy groups -OCH3 is 3. The molecular weight excluding hydrogens is 398 g/mol. The molecule has 0 N–H and O–H groups in total. The summed E-state index contributed by atoms with van der Waals surface area (Å²) < 4.78 is 15.5. The molecular formula is C24H33NO6. The van der Waals surface area contributed by atoms with Crippen LogP contribution >= 0.6 is 0 Å². The summed E-state index contributed by atoms with van der Waals surface area (Å²) in [4.78, 5) is 43.0. The molecule has 1 aliphatic carbocycles. The van der Waals surface area contributed by atoms with Crippen LogP contribution in [0, 0.1) is 17.3 Å². The first-order valence-electron chi connectivity index (χ1n) is 10.6. The molecule has 31 heavy (non-hydrogen) atoms. The number of ether oxygens (including phenoxy) is 3. The molecule has 7 nitrogen and oxygen atoms in total. The zero-order valence-electron chi connectivity index (χ0n) is 19.3. The summed E-state index contributed by atoms with van der Waals surface area (Å²) >= 11 is 0. The van der Waals surface area contributed by atoms with Gasteiger partial charge in [0.2, 0.25) is 0 Å². The number of nitrogens with zero attached hydrogens (tertiary/aromatic N) is 1. The fourth-order valence-electron chi connectivity index (χ4n) is 4.19. The van der Waals surface area contributed by atoms with E-state index in [4.69, 9.17) is 14.2 Å². The van der Waals surface area contributed by atoms with Crippen molar-refractivity contribution in [2.45, 2.75) is 46.5 Å². The van der Waals surface area contributed by atoms with Gasteiger partial charge in [-0.2, -0.15) is 0 Å². The average molecular weight is 432 g/mol. The zero-order chi connectivity index (χ0) is 23.2. The van der Waals surface area contributed by atoms with Crippen LogP contribution in [0.2, 0.25) is 0 Å². The van der Waals surface area contributed by atoms with Crippen LogP contribution in [0.25, 0.3) is 0 Å². The molecule has 1 saturated carbocycles. The summed E-state index contributed by atoms with van der Waals surface area (Å²) in [5.74, 6) is -1.81. The van der Waals surface area contributed by atoms with Gasteiger partial charge in [-0.25, -0.2) is 0 Å². The summed E-state index contributed by atoms with van der Waals surface area (Å²) in [6, 6.07) is 5.66. The zero-order valence-corrected chi connectivity index (χ0v) is 19.3. The number of rotatable bonds is 9. The highest BCUT2D eigenvalue weighted by Gasteiger charge is 2.52. The quantitative estimate of drug-likeness (QED) is 0.439. The SMILES string of the molecule is CCCC(=O)C1C(=O)C(C(=O)OC)C(C)(C)CC1=NCCc1ccc(OC)c(OC)c1. The van der Waals surface area contributed by atoms with Crippen molar-refractivity contribution in [3.8, 4) is 11.5 Å². The number of ketones is 2. The number of carbonyl (C=O) groups is 3. The van der Waals surface area contributed by atoms with E-state index in [0.717, 1.165) is 5.56 Å². The Kier molecular flexibility index (Phi) is 8.36. The van der Waals surface area contributed by atoms with Crippen molar-refractivity contribution in [1.29, 1.82) is 0 Å². The fraction of sp³-hybridized carbons (Fsp3) is 0.583. The highest BCUT2D eigenvalue weighted by Crippen LogP contribution is 2.41. The lowest BCUT2D eigenvalue weighted by Gasteiger charge is -2.39. The highest BCUT2D eigenvalue weighted by atomic mass is 16.5. The molecule has 1 aromatic carbocycles. The number of esters is 1. The summed E-state index contributed by atoms with van der Waals surface area (Å²) in [6.07, 6.45) is 1.92. The smallest absolute Gasteiger partial charge is 0.316 e. The van der Waals surface area contributed by atoms with Crippen LogP contribution in [0.4, 0.5) is 0 Å². The molecule has 1 fully saturated rings. The molecule has 2 rings (SSSR count). The second kappa shape index (κ2) is 10.6. The van der Waals surface area contributed by atoms with E-state index in [1.54, 1.807) is 14.2 Å². The molecule has 0 spiro atoms. The van der Waals surface area contributed by atoms with Crippen LogP contribution < -0.4 is 9.47 Å². The standard InChI is InChI=1S/C24H33NO6/c1-7-8-17(26)20-16(14-24(2,3)21(22(20)27)23(28)31-6)25-12-11-15-9-10-18(29-4)19(13-15)30-5/h9-10,13,20-21H,7-8,11-12,14H2,1-6H3. The van der Waals surface area contributed by atoms with Crippen molar-refractivity contribution < 1.29 is 28.6 Å². The Labute approximate surface area is 184 Å². The lowest BCUT2D eigenvalue weighted by Crippen LogP contribution is -2.52. The molecule has 0 amide bonds. The van der Waals surface area contributed by atoms with E-state index in [1.807, 2.05) is 39.0 Å². The predicted molar refractivity (Wildman–Crippen MR) is 118 cm³/mol. The molecule has 2 atom stereocenters. The van der Waals surface area contributed by atoms with E-state index in [1.165, 1.54) is 7.11 Å². The Morgan fingerprint density at radius 2 is 1.81 bits per heavy atom. The minimum atomic E-state index is -0.970. The Hall–Kier alpha value is -2.70. The van der Waals surface area contributed by atoms with Crippen LogP contribution in [-0.2, 0) is 25.5 Å². The van der Waals surface area contributed by atoms with E-state index in [9.17, 15) is 14.4 Å². The Morgan fingerprint density at radius 3 is 2.39 bits per heavy atom. The van der Waals surface area contributed by atoms with E-state index < -0.39 is 29.0 Å². The average Bonchev–Trinajstić information content (AvgIpc) is 2.72. The third-order valence-electron chi connectivity index (χ3n) is 5.74. The molecule has 0 saturated heterocycles. The van der Waals surface area contributed by atoms with Gasteiger partial charge in [-0.15, -0.1) is 0 Å². The summed E-state index contributed by atoms with van der Waals surface area (Å²) in [5, 5.41) is 0. The normalized spacial score (nSPS) is 21.6. The van der Waals surface area contributed by atoms with Gasteiger partial charge in [0, 0.05) is 18.7 Å².